The molecule has 2 aromatic rings. The highest BCUT2D eigenvalue weighted by Gasteiger charge is 2.20. The minimum Gasteiger partial charge on any atom is -0.262 e. The molecule has 7 nitrogen and oxygen atoms in total. The first-order valence-electron chi connectivity index (χ1n) is 4.84. The molecule has 1 aromatic heterocycles. The third kappa shape index (κ3) is 2.17. The summed E-state index contributed by atoms with van der Waals surface area (Å²) in [4.78, 5) is 21.6. The van der Waals surface area contributed by atoms with Gasteiger partial charge in [-0.25, -0.2) is 18.9 Å². The Morgan fingerprint density at radius 2 is 2.16 bits per heavy atom. The van der Waals surface area contributed by atoms with E-state index in [1.807, 2.05) is 0 Å². The summed E-state index contributed by atoms with van der Waals surface area (Å²) in [5, 5.41) is 12.7. The van der Waals surface area contributed by atoms with Crippen molar-refractivity contribution in [3.8, 4) is 5.69 Å². The Morgan fingerprint density at radius 3 is 2.63 bits per heavy atom. The smallest absolute Gasteiger partial charge is 0.262 e. The van der Waals surface area contributed by atoms with Crippen LogP contribution in [0.3, 0.4) is 0 Å². The van der Waals surface area contributed by atoms with E-state index in [4.69, 9.17) is 23.8 Å². The van der Waals surface area contributed by atoms with Crippen LogP contribution in [0.25, 0.3) is 5.69 Å². The van der Waals surface area contributed by atoms with Gasteiger partial charge >= 0.3 is 5.69 Å². The van der Waals surface area contributed by atoms with Crippen LogP contribution in [-0.2, 0) is 7.05 Å². The number of nitrogens with zero attached hydrogens (tertiary/aromatic N) is 3. The molecule has 0 amide bonds. The van der Waals surface area contributed by atoms with Gasteiger partial charge in [0.05, 0.1) is 10.6 Å². The molecule has 19 heavy (non-hydrogen) atoms. The standard InChI is InChI=1S/C9H6ClFN4O3S/c1-13-9(19)14(8(16)12-13)7-3-6(15(17)18)4(10)2-5(7)11/h2-3H,1H3,(H,12,16). The highest BCUT2D eigenvalue weighted by Crippen LogP contribution is 2.28. The molecule has 100 valence electrons. The lowest BCUT2D eigenvalue weighted by Crippen LogP contribution is -2.16. The van der Waals surface area contributed by atoms with Gasteiger partial charge in [0.1, 0.15) is 10.8 Å². The normalized spacial score (nSPS) is 10.7. The van der Waals surface area contributed by atoms with Crippen molar-refractivity contribution in [1.29, 1.82) is 0 Å². The van der Waals surface area contributed by atoms with E-state index in [0.29, 0.717) is 0 Å². The Morgan fingerprint density at radius 1 is 1.53 bits per heavy atom. The zero-order valence-corrected chi connectivity index (χ0v) is 11.0. The molecule has 0 radical (unpaired) electrons. The molecular formula is C9H6ClFN4O3S. The summed E-state index contributed by atoms with van der Waals surface area (Å²) in [7, 11) is 1.46. The van der Waals surface area contributed by atoms with Crippen LogP contribution in [0, 0.1) is 20.7 Å². The zero-order chi connectivity index (χ0) is 14.3. The highest BCUT2D eigenvalue weighted by atomic mass is 35.5. The number of hydrogen-bond donors (Lipinski definition) is 1. The number of hydrogen-bond acceptors (Lipinski definition) is 4. The molecule has 0 aliphatic heterocycles. The van der Waals surface area contributed by atoms with Gasteiger partial charge < -0.3 is 0 Å². The maximum atomic E-state index is 13.8. The van der Waals surface area contributed by atoms with E-state index in [1.54, 1.807) is 0 Å². The van der Waals surface area contributed by atoms with Crippen molar-refractivity contribution in [1.82, 2.24) is 14.3 Å². The second kappa shape index (κ2) is 4.59. The summed E-state index contributed by atoms with van der Waals surface area (Å²) >= 11 is 10.5. The number of nitro groups is 1. The molecule has 0 bridgehead atoms. The number of aromatic nitrogens is 3. The number of aromatic amines is 1. The molecule has 1 aromatic carbocycles. The molecule has 1 heterocycles. The lowest BCUT2D eigenvalue weighted by molar-refractivity contribution is -0.384. The van der Waals surface area contributed by atoms with Gasteiger partial charge in [-0.15, -0.1) is 0 Å². The van der Waals surface area contributed by atoms with E-state index in [1.165, 1.54) is 11.7 Å². The monoisotopic (exact) mass is 304 g/mol. The second-order valence-corrected chi connectivity index (χ2v) is 4.38. The number of halogens is 2. The van der Waals surface area contributed by atoms with Gasteiger partial charge in [-0.1, -0.05) is 11.6 Å². The van der Waals surface area contributed by atoms with Crippen LogP contribution >= 0.6 is 23.8 Å². The molecule has 0 atom stereocenters. The number of aryl methyl sites for hydroxylation is 1. The molecular weight excluding hydrogens is 299 g/mol. The SMILES string of the molecule is Cn1[nH]c(=O)n(-c2cc([N+](=O)[O-])c(Cl)cc2F)c1=S. The molecule has 0 aliphatic carbocycles. The first kappa shape index (κ1) is 13.4. The average Bonchev–Trinajstić information content (AvgIpc) is 2.54. The summed E-state index contributed by atoms with van der Waals surface area (Å²) < 4.78 is 15.8. The third-order valence-corrected chi connectivity index (χ3v) is 3.16. The van der Waals surface area contributed by atoms with Crippen LogP contribution in [0.4, 0.5) is 10.1 Å². The average molecular weight is 305 g/mol. The minimum atomic E-state index is -0.886. The number of nitrogens with one attached hydrogen (secondary N) is 1. The van der Waals surface area contributed by atoms with E-state index < -0.39 is 22.1 Å². The van der Waals surface area contributed by atoms with Crippen molar-refractivity contribution in [2.75, 3.05) is 0 Å². The summed E-state index contributed by atoms with van der Waals surface area (Å²) in [6.45, 7) is 0. The Balaban J connectivity index is 2.83. The van der Waals surface area contributed by atoms with E-state index >= 15 is 0 Å². The molecule has 2 rings (SSSR count). The number of nitro benzene ring substituents is 1. The quantitative estimate of drug-likeness (QED) is 0.522. The van der Waals surface area contributed by atoms with Crippen LogP contribution in [0.5, 0.6) is 0 Å². The predicted octanol–water partition coefficient (Wildman–Crippen LogP) is 1.93. The first-order chi connectivity index (χ1) is 8.82. The van der Waals surface area contributed by atoms with Crippen molar-refractivity contribution >= 4 is 29.5 Å². The number of H-pyrrole nitrogens is 1. The zero-order valence-electron chi connectivity index (χ0n) is 9.39. The predicted molar refractivity (Wildman–Crippen MR) is 67.8 cm³/mol. The topological polar surface area (TPSA) is 85.9 Å². The van der Waals surface area contributed by atoms with E-state index in [0.717, 1.165) is 16.7 Å². The van der Waals surface area contributed by atoms with Gasteiger partial charge in [0.15, 0.2) is 0 Å². The van der Waals surface area contributed by atoms with Gasteiger partial charge in [-0.2, -0.15) is 0 Å². The van der Waals surface area contributed by atoms with Gasteiger partial charge in [0.2, 0.25) is 4.77 Å². The summed E-state index contributed by atoms with van der Waals surface area (Å²) in [6.07, 6.45) is 0. The summed E-state index contributed by atoms with van der Waals surface area (Å²) in [5.74, 6) is -0.886. The van der Waals surface area contributed by atoms with E-state index in [2.05, 4.69) is 5.10 Å². The maximum Gasteiger partial charge on any atom is 0.347 e. The summed E-state index contributed by atoms with van der Waals surface area (Å²) in [5.41, 5.74) is -1.55. The lowest BCUT2D eigenvalue weighted by Gasteiger charge is -2.04. The van der Waals surface area contributed by atoms with Crippen LogP contribution in [-0.4, -0.2) is 19.3 Å². The van der Waals surface area contributed by atoms with Crippen LogP contribution in [0.15, 0.2) is 16.9 Å². The fraction of sp³-hybridized carbons (Fsp3) is 0.111. The Hall–Kier alpha value is -2.00. The van der Waals surface area contributed by atoms with Gasteiger partial charge in [-0.05, 0) is 12.2 Å². The molecule has 1 N–H and O–H groups in total. The second-order valence-electron chi connectivity index (χ2n) is 3.61. The Kier molecular flexibility index (Phi) is 3.25. The van der Waals surface area contributed by atoms with Gasteiger partial charge in [-0.3, -0.25) is 14.8 Å². The van der Waals surface area contributed by atoms with Crippen molar-refractivity contribution in [2.24, 2.45) is 7.05 Å². The molecule has 0 spiro atoms. The van der Waals surface area contributed by atoms with Crippen LogP contribution in [0.1, 0.15) is 0 Å². The van der Waals surface area contributed by atoms with Gasteiger partial charge in [0, 0.05) is 19.2 Å². The van der Waals surface area contributed by atoms with Crippen molar-refractivity contribution < 1.29 is 9.31 Å². The van der Waals surface area contributed by atoms with Crippen LogP contribution < -0.4 is 5.69 Å². The number of benzene rings is 1. The molecule has 0 saturated heterocycles. The highest BCUT2D eigenvalue weighted by molar-refractivity contribution is 7.71. The number of rotatable bonds is 2. The molecule has 0 fully saturated rings. The van der Waals surface area contributed by atoms with Crippen molar-refractivity contribution in [2.45, 2.75) is 0 Å². The minimum absolute atomic E-state index is 0.0273. The molecule has 0 unspecified atom stereocenters. The largest absolute Gasteiger partial charge is 0.347 e. The van der Waals surface area contributed by atoms with Crippen LogP contribution in [0.2, 0.25) is 5.02 Å². The fourth-order valence-corrected chi connectivity index (χ4v) is 1.97. The molecule has 10 heteroatoms. The van der Waals surface area contributed by atoms with E-state index in [-0.39, 0.29) is 15.5 Å². The lowest BCUT2D eigenvalue weighted by atomic mass is 10.2. The fourth-order valence-electron chi connectivity index (χ4n) is 1.53. The first-order valence-corrected chi connectivity index (χ1v) is 5.63. The van der Waals surface area contributed by atoms with Gasteiger partial charge in [0.25, 0.3) is 5.69 Å². The Labute approximate surface area is 115 Å². The van der Waals surface area contributed by atoms with E-state index in [9.17, 15) is 19.3 Å². The van der Waals surface area contributed by atoms with Crippen molar-refractivity contribution in [3.05, 3.63) is 48.3 Å². The maximum absolute atomic E-state index is 13.8. The third-order valence-electron chi connectivity index (χ3n) is 2.40. The molecule has 0 aliphatic rings. The molecule has 0 saturated carbocycles. The summed E-state index contributed by atoms with van der Waals surface area (Å²) in [6, 6.07) is 1.63. The van der Waals surface area contributed by atoms with Crippen molar-refractivity contribution in [3.63, 3.8) is 0 Å². The Bertz CT molecular complexity index is 794.